The molecule has 2 heteroatoms. The number of benzene rings is 1. The van der Waals surface area contributed by atoms with Gasteiger partial charge in [0, 0.05) is 6.04 Å². The Balaban J connectivity index is 1.67. The molecule has 2 aliphatic rings. The van der Waals surface area contributed by atoms with E-state index in [-0.39, 0.29) is 11.3 Å². The molecule has 0 unspecified atom stereocenters. The van der Waals surface area contributed by atoms with Gasteiger partial charge >= 0.3 is 0 Å². The molecule has 1 N–H and O–H groups in total. The van der Waals surface area contributed by atoms with Gasteiger partial charge in [-0.05, 0) is 66.5 Å². The zero-order valence-corrected chi connectivity index (χ0v) is 14.6. The third kappa shape index (κ3) is 2.28. The van der Waals surface area contributed by atoms with E-state index in [4.69, 9.17) is 0 Å². The number of carbonyl (C=O) groups is 1. The van der Waals surface area contributed by atoms with Crippen molar-refractivity contribution in [1.29, 1.82) is 0 Å². The topological polar surface area (TPSA) is 29.1 Å². The van der Waals surface area contributed by atoms with Crippen LogP contribution in [-0.4, -0.2) is 11.9 Å². The number of hydrogen-bond acceptors (Lipinski definition) is 1. The third-order valence-corrected chi connectivity index (χ3v) is 7.07. The third-order valence-electron chi connectivity index (χ3n) is 7.07. The van der Waals surface area contributed by atoms with Crippen LogP contribution in [0, 0.1) is 30.6 Å². The van der Waals surface area contributed by atoms with Crippen LogP contribution in [0.2, 0.25) is 0 Å². The van der Waals surface area contributed by atoms with Crippen LogP contribution in [0.5, 0.6) is 0 Å². The van der Waals surface area contributed by atoms with Crippen molar-refractivity contribution in [3.05, 3.63) is 34.9 Å². The highest BCUT2D eigenvalue weighted by atomic mass is 16.1. The Kier molecular flexibility index (Phi) is 3.62. The van der Waals surface area contributed by atoms with Crippen LogP contribution in [-0.2, 0) is 11.2 Å². The molecule has 0 aromatic heterocycles. The van der Waals surface area contributed by atoms with Crippen LogP contribution in [0.4, 0.5) is 0 Å². The lowest BCUT2D eigenvalue weighted by molar-refractivity contribution is -0.122. The zero-order chi connectivity index (χ0) is 16.1. The van der Waals surface area contributed by atoms with Gasteiger partial charge in [-0.3, -0.25) is 4.79 Å². The van der Waals surface area contributed by atoms with Gasteiger partial charge < -0.3 is 5.32 Å². The number of rotatable bonds is 3. The molecule has 0 saturated heterocycles. The van der Waals surface area contributed by atoms with Crippen molar-refractivity contribution in [2.45, 2.75) is 66.3 Å². The van der Waals surface area contributed by atoms with Gasteiger partial charge in [-0.15, -0.1) is 0 Å². The second-order valence-electron chi connectivity index (χ2n) is 8.33. The van der Waals surface area contributed by atoms with Crippen molar-refractivity contribution in [3.8, 4) is 0 Å². The van der Waals surface area contributed by atoms with Crippen molar-refractivity contribution >= 4 is 5.91 Å². The van der Waals surface area contributed by atoms with E-state index in [0.717, 1.165) is 17.9 Å². The molecule has 3 atom stereocenters. The second kappa shape index (κ2) is 5.11. The van der Waals surface area contributed by atoms with Crippen molar-refractivity contribution in [2.24, 2.45) is 16.7 Å². The molecule has 3 rings (SSSR count). The van der Waals surface area contributed by atoms with Crippen LogP contribution < -0.4 is 5.32 Å². The summed E-state index contributed by atoms with van der Waals surface area (Å²) in [6, 6.07) is 6.68. The SMILES string of the molecule is Cc1ccc(CC(=O)N[C@@H]2C[C@H]3CC[C@@]2(C)C3(C)C)cc1C. The lowest BCUT2D eigenvalue weighted by Crippen LogP contribution is -2.47. The van der Waals surface area contributed by atoms with E-state index in [1.165, 1.54) is 24.0 Å². The van der Waals surface area contributed by atoms with E-state index < -0.39 is 0 Å². The maximum absolute atomic E-state index is 12.5. The summed E-state index contributed by atoms with van der Waals surface area (Å²) in [6.07, 6.45) is 4.23. The molecule has 1 aromatic carbocycles. The van der Waals surface area contributed by atoms with E-state index in [0.29, 0.717) is 17.9 Å². The van der Waals surface area contributed by atoms with Crippen LogP contribution >= 0.6 is 0 Å². The lowest BCUT2D eigenvalue weighted by atomic mass is 9.69. The van der Waals surface area contributed by atoms with Gasteiger partial charge in [0.15, 0.2) is 0 Å². The average molecular weight is 299 g/mol. The Morgan fingerprint density at radius 3 is 2.50 bits per heavy atom. The minimum Gasteiger partial charge on any atom is -0.353 e. The summed E-state index contributed by atoms with van der Waals surface area (Å²) in [5.41, 5.74) is 4.28. The zero-order valence-electron chi connectivity index (χ0n) is 14.6. The molecule has 2 bridgehead atoms. The van der Waals surface area contributed by atoms with E-state index in [2.05, 4.69) is 58.1 Å². The first kappa shape index (κ1) is 15.6. The van der Waals surface area contributed by atoms with Gasteiger partial charge in [-0.2, -0.15) is 0 Å². The van der Waals surface area contributed by atoms with Gasteiger partial charge in [0.2, 0.25) is 5.91 Å². The summed E-state index contributed by atoms with van der Waals surface area (Å²) < 4.78 is 0. The molecule has 0 heterocycles. The summed E-state index contributed by atoms with van der Waals surface area (Å²) in [5.74, 6) is 0.947. The van der Waals surface area contributed by atoms with Gasteiger partial charge in [0.05, 0.1) is 6.42 Å². The normalized spacial score (nSPS) is 32.2. The first-order chi connectivity index (χ1) is 10.2. The molecular weight excluding hydrogens is 270 g/mol. The average Bonchev–Trinajstić information content (AvgIpc) is 2.76. The first-order valence-corrected chi connectivity index (χ1v) is 8.59. The van der Waals surface area contributed by atoms with E-state index in [1.54, 1.807) is 0 Å². The maximum atomic E-state index is 12.5. The Hall–Kier alpha value is -1.31. The number of aryl methyl sites for hydroxylation is 2. The molecule has 1 aromatic rings. The van der Waals surface area contributed by atoms with Gasteiger partial charge in [0.1, 0.15) is 0 Å². The monoisotopic (exact) mass is 299 g/mol. The quantitative estimate of drug-likeness (QED) is 0.891. The fourth-order valence-electron chi connectivity index (χ4n) is 4.77. The molecule has 120 valence electrons. The number of nitrogens with one attached hydrogen (secondary N) is 1. The summed E-state index contributed by atoms with van der Waals surface area (Å²) in [4.78, 5) is 12.5. The Morgan fingerprint density at radius 1 is 1.23 bits per heavy atom. The number of hydrogen-bond donors (Lipinski definition) is 1. The van der Waals surface area contributed by atoms with E-state index in [1.807, 2.05) is 0 Å². The molecule has 2 aliphatic carbocycles. The molecule has 2 fully saturated rings. The number of amides is 1. The smallest absolute Gasteiger partial charge is 0.224 e. The van der Waals surface area contributed by atoms with E-state index >= 15 is 0 Å². The van der Waals surface area contributed by atoms with Gasteiger partial charge in [0.25, 0.3) is 0 Å². The first-order valence-electron chi connectivity index (χ1n) is 8.59. The second-order valence-corrected chi connectivity index (χ2v) is 8.33. The largest absolute Gasteiger partial charge is 0.353 e. The molecule has 2 nitrogen and oxygen atoms in total. The number of fused-ring (bicyclic) bond motifs is 2. The molecule has 0 spiro atoms. The Morgan fingerprint density at radius 2 is 1.95 bits per heavy atom. The van der Waals surface area contributed by atoms with Crippen LogP contribution in [0.1, 0.15) is 56.7 Å². The highest BCUT2D eigenvalue weighted by Crippen LogP contribution is 2.65. The molecule has 2 saturated carbocycles. The van der Waals surface area contributed by atoms with Crippen LogP contribution in [0.15, 0.2) is 18.2 Å². The predicted octanol–water partition coefficient (Wildman–Crippen LogP) is 4.18. The summed E-state index contributed by atoms with van der Waals surface area (Å²) in [6.45, 7) is 11.4. The fourth-order valence-corrected chi connectivity index (χ4v) is 4.77. The molecule has 0 radical (unpaired) electrons. The van der Waals surface area contributed by atoms with Crippen LogP contribution in [0.3, 0.4) is 0 Å². The van der Waals surface area contributed by atoms with Crippen molar-refractivity contribution in [2.75, 3.05) is 0 Å². The minimum atomic E-state index is 0.179. The molecule has 1 amide bonds. The minimum absolute atomic E-state index is 0.179. The molecule has 0 aliphatic heterocycles. The molecular formula is C20H29NO. The maximum Gasteiger partial charge on any atom is 0.224 e. The summed E-state index contributed by atoms with van der Waals surface area (Å²) in [5, 5.41) is 3.35. The van der Waals surface area contributed by atoms with Gasteiger partial charge in [-0.1, -0.05) is 39.0 Å². The fraction of sp³-hybridized carbons (Fsp3) is 0.650. The highest BCUT2D eigenvalue weighted by Gasteiger charge is 2.61. The summed E-state index contributed by atoms with van der Waals surface area (Å²) in [7, 11) is 0. The van der Waals surface area contributed by atoms with Crippen molar-refractivity contribution < 1.29 is 4.79 Å². The number of carbonyl (C=O) groups excluding carboxylic acids is 1. The Labute approximate surface area is 134 Å². The van der Waals surface area contributed by atoms with Crippen molar-refractivity contribution in [1.82, 2.24) is 5.32 Å². The highest BCUT2D eigenvalue weighted by molar-refractivity contribution is 5.79. The van der Waals surface area contributed by atoms with Gasteiger partial charge in [-0.25, -0.2) is 0 Å². The lowest BCUT2D eigenvalue weighted by Gasteiger charge is -2.39. The van der Waals surface area contributed by atoms with Crippen molar-refractivity contribution in [3.63, 3.8) is 0 Å². The van der Waals surface area contributed by atoms with E-state index in [9.17, 15) is 4.79 Å². The summed E-state index contributed by atoms with van der Waals surface area (Å²) >= 11 is 0. The standard InChI is InChI=1S/C20H29NO/c1-13-6-7-15(10-14(13)2)11-18(22)21-17-12-16-8-9-20(17,5)19(16,3)4/h6-7,10,16-17H,8-9,11-12H2,1-5H3,(H,21,22)/t16-,17-,20-/m1/s1. The Bertz CT molecular complexity index is 604. The van der Waals surface area contributed by atoms with Crippen LogP contribution in [0.25, 0.3) is 0 Å². The molecule has 22 heavy (non-hydrogen) atoms. The predicted molar refractivity (Wildman–Crippen MR) is 90.8 cm³/mol.